The van der Waals surface area contributed by atoms with Crippen LogP contribution in [0.2, 0.25) is 5.02 Å². The highest BCUT2D eigenvalue weighted by atomic mass is 35.5. The third-order valence-electron chi connectivity index (χ3n) is 5.93. The van der Waals surface area contributed by atoms with Crippen LogP contribution in [0, 0.1) is 10.1 Å². The van der Waals surface area contributed by atoms with Crippen molar-refractivity contribution in [3.63, 3.8) is 0 Å². The van der Waals surface area contributed by atoms with Crippen molar-refractivity contribution in [2.75, 3.05) is 0 Å². The molecule has 162 valence electrons. The number of aromatic nitrogens is 1. The SMILES string of the molecule is O=[N+]([O-])c1ccc(Cc2cn(C(c3ccccc3)c3ccccc3)c3ccc(Cl)cc23)cc1. The predicted molar refractivity (Wildman–Crippen MR) is 133 cm³/mol. The van der Waals surface area contributed by atoms with Gasteiger partial charge in [-0.3, -0.25) is 10.1 Å². The van der Waals surface area contributed by atoms with Crippen LogP contribution < -0.4 is 0 Å². The highest BCUT2D eigenvalue weighted by molar-refractivity contribution is 6.31. The second-order valence-electron chi connectivity index (χ2n) is 8.05. The van der Waals surface area contributed by atoms with Crippen LogP contribution in [0.5, 0.6) is 0 Å². The minimum Gasteiger partial charge on any atom is -0.336 e. The van der Waals surface area contributed by atoms with Gasteiger partial charge in [0.25, 0.3) is 5.69 Å². The first kappa shape index (κ1) is 21.0. The van der Waals surface area contributed by atoms with E-state index in [4.69, 9.17) is 11.6 Å². The molecule has 0 aliphatic carbocycles. The van der Waals surface area contributed by atoms with E-state index >= 15 is 0 Å². The molecule has 0 atom stereocenters. The summed E-state index contributed by atoms with van der Waals surface area (Å²) in [6, 6.07) is 33.6. The van der Waals surface area contributed by atoms with Crippen molar-refractivity contribution in [3.8, 4) is 0 Å². The summed E-state index contributed by atoms with van der Waals surface area (Å²) in [4.78, 5) is 10.6. The van der Waals surface area contributed by atoms with E-state index in [2.05, 4.69) is 65.4 Å². The average Bonchev–Trinajstić information content (AvgIpc) is 3.18. The molecule has 0 N–H and O–H groups in total. The molecule has 0 saturated carbocycles. The number of hydrogen-bond donors (Lipinski definition) is 0. The lowest BCUT2D eigenvalue weighted by Crippen LogP contribution is -2.11. The number of non-ortho nitro benzene ring substituents is 1. The lowest BCUT2D eigenvalue weighted by molar-refractivity contribution is -0.384. The molecule has 0 aliphatic heterocycles. The fraction of sp³-hybridized carbons (Fsp3) is 0.0714. The Hall–Kier alpha value is -3.89. The molecule has 0 radical (unpaired) electrons. The van der Waals surface area contributed by atoms with Crippen LogP contribution in [-0.2, 0) is 6.42 Å². The lowest BCUT2D eigenvalue weighted by Gasteiger charge is -2.21. The molecule has 33 heavy (non-hydrogen) atoms. The van der Waals surface area contributed by atoms with Crippen molar-refractivity contribution < 1.29 is 4.92 Å². The fourth-order valence-electron chi connectivity index (χ4n) is 4.39. The Bertz CT molecular complexity index is 1370. The van der Waals surface area contributed by atoms with Crippen molar-refractivity contribution in [2.45, 2.75) is 12.5 Å². The molecule has 0 spiro atoms. The summed E-state index contributed by atoms with van der Waals surface area (Å²) in [5.41, 5.74) is 5.70. The third-order valence-corrected chi connectivity index (χ3v) is 6.16. The van der Waals surface area contributed by atoms with Gasteiger partial charge in [-0.25, -0.2) is 0 Å². The number of hydrogen-bond acceptors (Lipinski definition) is 2. The van der Waals surface area contributed by atoms with Crippen molar-refractivity contribution in [2.24, 2.45) is 0 Å². The van der Waals surface area contributed by atoms with Crippen LogP contribution in [0.3, 0.4) is 0 Å². The van der Waals surface area contributed by atoms with E-state index in [-0.39, 0.29) is 16.7 Å². The zero-order valence-corrected chi connectivity index (χ0v) is 18.5. The van der Waals surface area contributed by atoms with Crippen LogP contribution >= 0.6 is 11.6 Å². The van der Waals surface area contributed by atoms with Gasteiger partial charge in [0.2, 0.25) is 0 Å². The van der Waals surface area contributed by atoms with Crippen LogP contribution in [0.1, 0.15) is 28.3 Å². The molecule has 5 aromatic rings. The Kier molecular flexibility index (Phi) is 5.68. The number of benzene rings is 4. The van der Waals surface area contributed by atoms with Crippen molar-refractivity contribution >= 4 is 28.2 Å². The van der Waals surface area contributed by atoms with Gasteiger partial charge >= 0.3 is 0 Å². The van der Waals surface area contributed by atoms with Gasteiger partial charge in [0.15, 0.2) is 0 Å². The molecule has 5 heteroatoms. The van der Waals surface area contributed by atoms with Crippen molar-refractivity contribution in [1.29, 1.82) is 0 Å². The minimum absolute atomic E-state index is 0.00156. The number of halogens is 1. The number of fused-ring (bicyclic) bond motifs is 1. The van der Waals surface area contributed by atoms with Gasteiger partial charge in [-0.15, -0.1) is 0 Å². The molecule has 5 rings (SSSR count). The molecule has 0 saturated heterocycles. The summed E-state index contributed by atoms with van der Waals surface area (Å²) >= 11 is 6.39. The molecule has 0 fully saturated rings. The second kappa shape index (κ2) is 8.93. The Morgan fingerprint density at radius 2 is 1.42 bits per heavy atom. The number of rotatable bonds is 6. The van der Waals surface area contributed by atoms with Gasteiger partial charge in [-0.1, -0.05) is 84.4 Å². The maximum absolute atomic E-state index is 11.0. The quantitative estimate of drug-likeness (QED) is 0.198. The molecule has 0 amide bonds. The summed E-state index contributed by atoms with van der Waals surface area (Å²) < 4.78 is 2.30. The van der Waals surface area contributed by atoms with Crippen LogP contribution in [0.25, 0.3) is 10.9 Å². The highest BCUT2D eigenvalue weighted by Gasteiger charge is 2.20. The highest BCUT2D eigenvalue weighted by Crippen LogP contribution is 2.35. The van der Waals surface area contributed by atoms with Gasteiger partial charge in [-0.05, 0) is 46.9 Å². The predicted octanol–water partition coefficient (Wildman–Crippen LogP) is 7.43. The second-order valence-corrected chi connectivity index (χ2v) is 8.48. The monoisotopic (exact) mass is 452 g/mol. The third kappa shape index (κ3) is 4.26. The molecule has 4 aromatic carbocycles. The minimum atomic E-state index is -0.375. The number of nitro groups is 1. The Balaban J connectivity index is 1.65. The van der Waals surface area contributed by atoms with Crippen LogP contribution in [0.15, 0.2) is 109 Å². The van der Waals surface area contributed by atoms with Gasteiger partial charge in [0.05, 0.1) is 11.0 Å². The van der Waals surface area contributed by atoms with E-state index in [9.17, 15) is 10.1 Å². The number of nitro benzene ring substituents is 1. The van der Waals surface area contributed by atoms with Crippen molar-refractivity contribution in [1.82, 2.24) is 4.57 Å². The van der Waals surface area contributed by atoms with Crippen LogP contribution in [-0.4, -0.2) is 9.49 Å². The molecule has 0 unspecified atom stereocenters. The Labute approximate surface area is 196 Å². The first-order valence-electron chi connectivity index (χ1n) is 10.7. The van der Waals surface area contributed by atoms with Gasteiger partial charge in [0, 0.05) is 34.3 Å². The normalized spacial score (nSPS) is 11.2. The molecular formula is C28H21ClN2O2. The van der Waals surface area contributed by atoms with Gasteiger partial charge in [-0.2, -0.15) is 0 Å². The first-order chi connectivity index (χ1) is 16.1. The van der Waals surface area contributed by atoms with E-state index in [1.54, 1.807) is 12.1 Å². The smallest absolute Gasteiger partial charge is 0.269 e. The number of nitrogens with zero attached hydrogens (tertiary/aromatic N) is 2. The van der Waals surface area contributed by atoms with E-state index in [1.807, 2.05) is 36.4 Å². The zero-order chi connectivity index (χ0) is 22.8. The molecule has 4 nitrogen and oxygen atoms in total. The zero-order valence-electron chi connectivity index (χ0n) is 17.8. The largest absolute Gasteiger partial charge is 0.336 e. The summed E-state index contributed by atoms with van der Waals surface area (Å²) in [6.07, 6.45) is 2.84. The van der Waals surface area contributed by atoms with Gasteiger partial charge < -0.3 is 4.57 Å². The lowest BCUT2D eigenvalue weighted by atomic mass is 9.98. The fourth-order valence-corrected chi connectivity index (χ4v) is 4.56. The average molecular weight is 453 g/mol. The molecule has 0 aliphatic rings. The summed E-state index contributed by atoms with van der Waals surface area (Å²) in [7, 11) is 0. The van der Waals surface area contributed by atoms with E-state index in [0.717, 1.165) is 22.0 Å². The maximum atomic E-state index is 11.0. The van der Waals surface area contributed by atoms with E-state index in [1.165, 1.54) is 11.1 Å². The standard InChI is InChI=1S/C28H21ClN2O2/c29-24-13-16-27-26(18-24)23(17-20-11-14-25(15-12-20)31(32)33)19-30(27)28(21-7-3-1-4-8-21)22-9-5-2-6-10-22/h1-16,18-19,28H,17H2. The Morgan fingerprint density at radius 3 is 2.00 bits per heavy atom. The van der Waals surface area contributed by atoms with E-state index < -0.39 is 0 Å². The maximum Gasteiger partial charge on any atom is 0.269 e. The topological polar surface area (TPSA) is 48.1 Å². The van der Waals surface area contributed by atoms with Crippen molar-refractivity contribution in [3.05, 3.63) is 147 Å². The summed E-state index contributed by atoms with van der Waals surface area (Å²) in [5.74, 6) is 0. The Morgan fingerprint density at radius 1 is 0.818 bits per heavy atom. The molecule has 1 aromatic heterocycles. The van der Waals surface area contributed by atoms with E-state index in [0.29, 0.717) is 11.4 Å². The molecule has 1 heterocycles. The first-order valence-corrected chi connectivity index (χ1v) is 11.1. The van der Waals surface area contributed by atoms with Gasteiger partial charge in [0.1, 0.15) is 0 Å². The summed E-state index contributed by atoms with van der Waals surface area (Å²) in [5, 5.41) is 12.8. The van der Waals surface area contributed by atoms with Crippen LogP contribution in [0.4, 0.5) is 5.69 Å². The molecular weight excluding hydrogens is 432 g/mol. The summed E-state index contributed by atoms with van der Waals surface area (Å²) in [6.45, 7) is 0. The molecule has 0 bridgehead atoms.